The molecule has 0 bridgehead atoms. The summed E-state index contributed by atoms with van der Waals surface area (Å²) in [7, 11) is 0. The Morgan fingerprint density at radius 3 is 2.79 bits per heavy atom. The lowest BCUT2D eigenvalue weighted by Crippen LogP contribution is -2.33. The van der Waals surface area contributed by atoms with Crippen molar-refractivity contribution >= 4 is 11.8 Å². The number of fused-ring (bicyclic) bond motifs is 1. The minimum atomic E-state index is -0.490. The summed E-state index contributed by atoms with van der Waals surface area (Å²) in [5.41, 5.74) is 0.432. The molecule has 2 heterocycles. The van der Waals surface area contributed by atoms with Gasteiger partial charge in [-0.3, -0.25) is 4.79 Å². The molecule has 0 aliphatic carbocycles. The summed E-state index contributed by atoms with van der Waals surface area (Å²) in [5, 5.41) is 5.17. The van der Waals surface area contributed by atoms with Crippen molar-refractivity contribution < 1.29 is 9.21 Å². The van der Waals surface area contributed by atoms with Gasteiger partial charge in [-0.2, -0.15) is 0 Å². The third kappa shape index (κ3) is 1.19. The molecule has 72 valence electrons. The Kier molecular flexibility index (Phi) is 1.67. The van der Waals surface area contributed by atoms with Gasteiger partial charge in [-0.1, -0.05) is 6.58 Å². The number of carbonyl (C=O) groups is 1. The summed E-state index contributed by atoms with van der Waals surface area (Å²) in [4.78, 5) is 22.5. The second-order valence-corrected chi connectivity index (χ2v) is 3.01. The number of nitrogens with one attached hydrogen (secondary N) is 2. The van der Waals surface area contributed by atoms with E-state index < -0.39 is 5.63 Å². The fraction of sp³-hybridized carbons (Fsp3) is 0.111. The van der Waals surface area contributed by atoms with E-state index in [1.165, 1.54) is 6.07 Å². The van der Waals surface area contributed by atoms with Gasteiger partial charge < -0.3 is 15.1 Å². The van der Waals surface area contributed by atoms with Crippen molar-refractivity contribution in [1.29, 1.82) is 0 Å². The SMILES string of the molecule is C=C1NC(=O)c2c(C)cc(=O)oc2N1. The number of amides is 1. The van der Waals surface area contributed by atoms with Gasteiger partial charge in [0.1, 0.15) is 11.4 Å². The fourth-order valence-electron chi connectivity index (χ4n) is 1.35. The van der Waals surface area contributed by atoms with Crippen LogP contribution in [0.15, 0.2) is 27.7 Å². The molecule has 1 aliphatic heterocycles. The monoisotopic (exact) mass is 192 g/mol. The zero-order valence-electron chi connectivity index (χ0n) is 7.51. The number of rotatable bonds is 0. The van der Waals surface area contributed by atoms with Crippen LogP contribution < -0.4 is 16.3 Å². The van der Waals surface area contributed by atoms with Gasteiger partial charge in [-0.15, -0.1) is 0 Å². The predicted octanol–water partition coefficient (Wildman–Crippen LogP) is 0.575. The Morgan fingerprint density at radius 1 is 1.36 bits per heavy atom. The molecule has 5 nitrogen and oxygen atoms in total. The summed E-state index contributed by atoms with van der Waals surface area (Å²) in [6, 6.07) is 1.27. The second-order valence-electron chi connectivity index (χ2n) is 3.01. The summed E-state index contributed by atoms with van der Waals surface area (Å²) in [6.07, 6.45) is 0. The third-order valence-electron chi connectivity index (χ3n) is 1.91. The van der Waals surface area contributed by atoms with E-state index in [-0.39, 0.29) is 11.8 Å². The summed E-state index contributed by atoms with van der Waals surface area (Å²) in [5.74, 6) is 0.144. The first-order valence-electron chi connectivity index (χ1n) is 4.00. The quantitative estimate of drug-likeness (QED) is 0.630. The summed E-state index contributed by atoms with van der Waals surface area (Å²) < 4.78 is 4.83. The van der Waals surface area contributed by atoms with Crippen LogP contribution in [0.2, 0.25) is 0 Å². The van der Waals surface area contributed by atoms with Gasteiger partial charge in [0.2, 0.25) is 5.88 Å². The van der Waals surface area contributed by atoms with E-state index in [9.17, 15) is 9.59 Å². The summed E-state index contributed by atoms with van der Waals surface area (Å²) in [6.45, 7) is 5.19. The highest BCUT2D eigenvalue weighted by molar-refractivity contribution is 6.02. The van der Waals surface area contributed by atoms with E-state index in [4.69, 9.17) is 4.42 Å². The Labute approximate surface area is 79.4 Å². The molecule has 5 heteroatoms. The molecule has 0 fully saturated rings. The smallest absolute Gasteiger partial charge is 0.337 e. The molecule has 0 spiro atoms. The molecule has 0 saturated heterocycles. The number of hydrogen-bond acceptors (Lipinski definition) is 4. The van der Waals surface area contributed by atoms with E-state index >= 15 is 0 Å². The molecule has 0 saturated carbocycles. The van der Waals surface area contributed by atoms with E-state index in [2.05, 4.69) is 17.2 Å². The lowest BCUT2D eigenvalue weighted by Gasteiger charge is -2.19. The van der Waals surface area contributed by atoms with E-state index in [0.29, 0.717) is 16.9 Å². The maximum atomic E-state index is 11.5. The molecular formula is C9H8N2O3. The lowest BCUT2D eigenvalue weighted by molar-refractivity contribution is 0.0960. The molecule has 2 rings (SSSR count). The molecule has 1 amide bonds. The van der Waals surface area contributed by atoms with Crippen LogP contribution in [0, 0.1) is 6.92 Å². The zero-order chi connectivity index (χ0) is 10.3. The van der Waals surface area contributed by atoms with Crippen LogP contribution in [0.5, 0.6) is 0 Å². The van der Waals surface area contributed by atoms with Crippen LogP contribution in [0.4, 0.5) is 5.88 Å². The zero-order valence-corrected chi connectivity index (χ0v) is 7.51. The van der Waals surface area contributed by atoms with Crippen molar-refractivity contribution in [2.45, 2.75) is 6.92 Å². The van der Waals surface area contributed by atoms with Gasteiger partial charge in [0.25, 0.3) is 5.91 Å². The maximum Gasteiger partial charge on any atom is 0.337 e. The first kappa shape index (κ1) is 8.55. The third-order valence-corrected chi connectivity index (χ3v) is 1.91. The molecular weight excluding hydrogens is 184 g/mol. The van der Waals surface area contributed by atoms with Crippen LogP contribution >= 0.6 is 0 Å². The average Bonchev–Trinajstić information content (AvgIpc) is 1.99. The van der Waals surface area contributed by atoms with Gasteiger partial charge in [-0.25, -0.2) is 4.79 Å². The molecule has 0 aromatic carbocycles. The summed E-state index contributed by atoms with van der Waals surface area (Å²) >= 11 is 0. The van der Waals surface area contributed by atoms with Crippen molar-refractivity contribution in [2.24, 2.45) is 0 Å². The van der Waals surface area contributed by atoms with Crippen LogP contribution in [-0.4, -0.2) is 5.91 Å². The van der Waals surface area contributed by atoms with Gasteiger partial charge in [0.15, 0.2) is 0 Å². The predicted molar refractivity (Wildman–Crippen MR) is 49.9 cm³/mol. The van der Waals surface area contributed by atoms with E-state index in [1.54, 1.807) is 6.92 Å². The number of anilines is 1. The molecule has 2 N–H and O–H groups in total. The molecule has 1 aromatic rings. The highest BCUT2D eigenvalue weighted by atomic mass is 16.4. The first-order valence-corrected chi connectivity index (χ1v) is 4.00. The Morgan fingerprint density at radius 2 is 2.07 bits per heavy atom. The second kappa shape index (κ2) is 2.73. The lowest BCUT2D eigenvalue weighted by atomic mass is 10.1. The van der Waals surface area contributed by atoms with E-state index in [1.807, 2.05) is 0 Å². The van der Waals surface area contributed by atoms with Crippen LogP contribution in [0.25, 0.3) is 0 Å². The van der Waals surface area contributed by atoms with Crippen molar-refractivity contribution in [3.8, 4) is 0 Å². The van der Waals surface area contributed by atoms with Gasteiger partial charge in [-0.05, 0) is 12.5 Å². The normalized spacial score (nSPS) is 14.4. The fourth-order valence-corrected chi connectivity index (χ4v) is 1.35. The van der Waals surface area contributed by atoms with Crippen LogP contribution in [-0.2, 0) is 0 Å². The molecule has 1 aliphatic rings. The van der Waals surface area contributed by atoms with Gasteiger partial charge >= 0.3 is 5.63 Å². The van der Waals surface area contributed by atoms with Crippen molar-refractivity contribution in [2.75, 3.05) is 5.32 Å². The Balaban J connectivity index is 2.70. The average molecular weight is 192 g/mol. The number of aryl methyl sites for hydroxylation is 1. The first-order chi connectivity index (χ1) is 6.58. The van der Waals surface area contributed by atoms with Crippen molar-refractivity contribution in [1.82, 2.24) is 5.32 Å². The molecule has 0 atom stereocenters. The minimum Gasteiger partial charge on any atom is -0.405 e. The standard InChI is InChI=1S/C9H8N2O3/c1-4-3-6(12)14-9-7(4)8(13)10-5(2)11-9/h3,11H,2H2,1H3,(H,10,13). The van der Waals surface area contributed by atoms with Gasteiger partial charge in [0, 0.05) is 6.07 Å². The molecule has 0 unspecified atom stereocenters. The van der Waals surface area contributed by atoms with Crippen LogP contribution in [0.1, 0.15) is 15.9 Å². The van der Waals surface area contributed by atoms with Gasteiger partial charge in [0.05, 0.1) is 0 Å². The highest BCUT2D eigenvalue weighted by Crippen LogP contribution is 2.21. The maximum absolute atomic E-state index is 11.5. The van der Waals surface area contributed by atoms with E-state index in [0.717, 1.165) is 0 Å². The molecule has 1 aromatic heterocycles. The minimum absolute atomic E-state index is 0.156. The Hall–Kier alpha value is -2.04. The molecule has 0 radical (unpaired) electrons. The highest BCUT2D eigenvalue weighted by Gasteiger charge is 2.23. The largest absolute Gasteiger partial charge is 0.405 e. The number of carbonyl (C=O) groups excluding carboxylic acids is 1. The molecule has 14 heavy (non-hydrogen) atoms. The number of hydrogen-bond donors (Lipinski definition) is 2. The van der Waals surface area contributed by atoms with Crippen molar-refractivity contribution in [3.05, 3.63) is 40.0 Å². The topological polar surface area (TPSA) is 71.3 Å². The van der Waals surface area contributed by atoms with Crippen molar-refractivity contribution in [3.63, 3.8) is 0 Å². The Bertz CT molecular complexity index is 487. The van der Waals surface area contributed by atoms with Crippen LogP contribution in [0.3, 0.4) is 0 Å².